The summed E-state index contributed by atoms with van der Waals surface area (Å²) in [5.41, 5.74) is 0.229. The molecule has 1 unspecified atom stereocenters. The quantitative estimate of drug-likeness (QED) is 0.288. The Morgan fingerprint density at radius 3 is 2.33 bits per heavy atom. The molecule has 1 aliphatic rings. The summed E-state index contributed by atoms with van der Waals surface area (Å²) < 4.78 is 5.38. The highest BCUT2D eigenvalue weighted by Gasteiger charge is 2.48. The number of likely N-dealkylation sites (N-methyl/N-ethyl adjacent to an activating group) is 1. The molecule has 0 spiro atoms. The number of quaternary nitrogens is 1. The molecular weight excluding hydrogens is 194 g/mol. The highest BCUT2D eigenvalue weighted by Crippen LogP contribution is 2.32. The molecule has 0 saturated carbocycles. The Balaban J connectivity index is 3.28. The van der Waals surface area contributed by atoms with Crippen molar-refractivity contribution in [2.24, 2.45) is 0 Å². The van der Waals surface area contributed by atoms with Gasteiger partial charge in [-0.3, -0.25) is 4.48 Å². The van der Waals surface area contributed by atoms with Gasteiger partial charge in [-0.1, -0.05) is 0 Å². The van der Waals surface area contributed by atoms with E-state index in [0.717, 1.165) is 0 Å². The van der Waals surface area contributed by atoms with E-state index < -0.39 is 5.97 Å². The maximum atomic E-state index is 11.6. The smallest absolute Gasteiger partial charge is 0.396 e. The summed E-state index contributed by atoms with van der Waals surface area (Å²) in [5.74, 6) is -0.351. The van der Waals surface area contributed by atoms with Crippen LogP contribution in [0.2, 0.25) is 0 Å². The highest BCUT2D eigenvalue weighted by atomic mass is 16.5. The molecule has 1 saturated heterocycles. The fourth-order valence-electron chi connectivity index (χ4n) is 1.88. The van der Waals surface area contributed by atoms with Gasteiger partial charge in [-0.2, -0.15) is 0 Å². The van der Waals surface area contributed by atoms with Crippen molar-refractivity contribution in [2.75, 3.05) is 20.2 Å². The zero-order chi connectivity index (χ0) is 11.9. The van der Waals surface area contributed by atoms with Crippen LogP contribution in [0, 0.1) is 0 Å². The van der Waals surface area contributed by atoms with Crippen molar-refractivity contribution in [3.8, 4) is 0 Å². The molecule has 0 radical (unpaired) electrons. The maximum absolute atomic E-state index is 11.6. The first-order valence-electron chi connectivity index (χ1n) is 5.13. The van der Waals surface area contributed by atoms with E-state index in [-0.39, 0.29) is 11.3 Å². The molecule has 0 amide bonds. The summed E-state index contributed by atoms with van der Waals surface area (Å²) in [6.07, 6.45) is 0. The Kier molecular flexibility index (Phi) is 2.83. The van der Waals surface area contributed by atoms with E-state index in [1.54, 1.807) is 0 Å². The van der Waals surface area contributed by atoms with Crippen LogP contribution >= 0.6 is 0 Å². The summed E-state index contributed by atoms with van der Waals surface area (Å²) in [7, 11) is 1.95. The molecule has 1 atom stereocenters. The molecule has 0 bridgehead atoms. The number of rotatable bonds is 0. The van der Waals surface area contributed by atoms with Crippen molar-refractivity contribution in [2.45, 2.75) is 33.2 Å². The normalized spacial score (nSPS) is 31.1. The minimum absolute atomic E-state index is 0.0529. The number of cyclic esters (lactones) is 1. The van der Waals surface area contributed by atoms with Gasteiger partial charge in [0.05, 0.1) is 12.6 Å². The largest absolute Gasteiger partial charge is 0.506 e. The number of allylic oxidation sites excluding steroid dienone is 1. The second-order valence-corrected chi connectivity index (χ2v) is 5.16. The van der Waals surface area contributed by atoms with E-state index in [2.05, 4.69) is 20.8 Å². The van der Waals surface area contributed by atoms with Gasteiger partial charge < -0.3 is 9.84 Å². The van der Waals surface area contributed by atoms with E-state index in [0.29, 0.717) is 23.3 Å². The van der Waals surface area contributed by atoms with E-state index in [4.69, 9.17) is 4.74 Å². The fourth-order valence-corrected chi connectivity index (χ4v) is 1.88. The Morgan fingerprint density at radius 1 is 1.47 bits per heavy atom. The lowest BCUT2D eigenvalue weighted by molar-refractivity contribution is -0.919. The van der Waals surface area contributed by atoms with Gasteiger partial charge in [0.25, 0.3) is 5.70 Å². The topological polar surface area (TPSA) is 46.5 Å². The van der Waals surface area contributed by atoms with Crippen molar-refractivity contribution in [1.29, 1.82) is 0 Å². The van der Waals surface area contributed by atoms with Gasteiger partial charge in [-0.15, -0.1) is 0 Å². The molecule has 1 aliphatic heterocycles. The van der Waals surface area contributed by atoms with Gasteiger partial charge in [0, 0.05) is 0 Å². The zero-order valence-electron chi connectivity index (χ0n) is 10.1. The van der Waals surface area contributed by atoms with Crippen LogP contribution in [-0.4, -0.2) is 41.3 Å². The van der Waals surface area contributed by atoms with Gasteiger partial charge in [0.15, 0.2) is 5.76 Å². The van der Waals surface area contributed by atoms with Crippen molar-refractivity contribution < 1.29 is 19.1 Å². The maximum Gasteiger partial charge on any atom is 0.396 e. The summed E-state index contributed by atoms with van der Waals surface area (Å²) in [4.78, 5) is 11.6. The molecule has 15 heavy (non-hydrogen) atoms. The molecule has 0 aromatic rings. The van der Waals surface area contributed by atoms with Crippen molar-refractivity contribution in [3.05, 3.63) is 11.5 Å². The van der Waals surface area contributed by atoms with Crippen LogP contribution in [0.4, 0.5) is 0 Å². The number of ether oxygens (including phenoxy) is 1. The molecule has 1 heterocycles. The lowest BCUT2D eigenvalue weighted by atomic mass is 9.99. The van der Waals surface area contributed by atoms with Gasteiger partial charge in [-0.25, -0.2) is 4.79 Å². The number of carbonyl (C=O) groups excluding carboxylic acids is 1. The average molecular weight is 214 g/mol. The number of nitrogens with zero attached hydrogens (tertiary/aromatic N) is 1. The van der Waals surface area contributed by atoms with Gasteiger partial charge in [0.1, 0.15) is 13.2 Å². The second-order valence-electron chi connectivity index (χ2n) is 5.16. The van der Waals surface area contributed by atoms with Crippen LogP contribution in [0.25, 0.3) is 0 Å². The number of esters is 1. The molecule has 0 aromatic carbocycles. The third-order valence-electron chi connectivity index (χ3n) is 3.28. The van der Waals surface area contributed by atoms with Gasteiger partial charge >= 0.3 is 5.97 Å². The van der Waals surface area contributed by atoms with Crippen molar-refractivity contribution in [1.82, 2.24) is 0 Å². The van der Waals surface area contributed by atoms with Crippen LogP contribution in [0.3, 0.4) is 0 Å². The molecule has 0 aliphatic carbocycles. The van der Waals surface area contributed by atoms with E-state index >= 15 is 0 Å². The number of aliphatic hydroxyl groups is 1. The van der Waals surface area contributed by atoms with Crippen LogP contribution in [0.1, 0.15) is 27.7 Å². The minimum atomic E-state index is -0.404. The lowest BCUT2D eigenvalue weighted by Gasteiger charge is -2.47. The van der Waals surface area contributed by atoms with Gasteiger partial charge in [-0.05, 0) is 27.7 Å². The predicted octanol–water partition coefficient (Wildman–Crippen LogP) is 1.58. The lowest BCUT2D eigenvalue weighted by Crippen LogP contribution is -2.62. The zero-order valence-corrected chi connectivity index (χ0v) is 10.1. The predicted molar refractivity (Wildman–Crippen MR) is 57.1 cm³/mol. The third-order valence-corrected chi connectivity index (χ3v) is 3.28. The molecule has 86 valence electrons. The summed E-state index contributed by atoms with van der Waals surface area (Å²) in [6.45, 7) is 8.79. The number of aliphatic hydroxyl groups excluding tert-OH is 1. The molecule has 0 aromatic heterocycles. The first-order chi connectivity index (χ1) is 6.70. The Hall–Kier alpha value is -1.03. The molecule has 4 nitrogen and oxygen atoms in total. The molecule has 1 rings (SSSR count). The highest BCUT2D eigenvalue weighted by molar-refractivity contribution is 5.87. The van der Waals surface area contributed by atoms with E-state index in [9.17, 15) is 9.90 Å². The molecule has 1 fully saturated rings. The summed E-state index contributed by atoms with van der Waals surface area (Å²) in [5, 5.41) is 9.61. The second kappa shape index (κ2) is 3.52. The van der Waals surface area contributed by atoms with Crippen LogP contribution in [-0.2, 0) is 9.53 Å². The monoisotopic (exact) mass is 214 g/mol. The molecule has 1 N–H and O–H groups in total. The number of hydrogen-bond donors (Lipinski definition) is 1. The average Bonchev–Trinajstić information content (AvgIpc) is 2.00. The fraction of sp³-hybridized carbons (Fsp3) is 0.727. The number of morpholine rings is 1. The van der Waals surface area contributed by atoms with E-state index in [1.165, 1.54) is 6.92 Å². The first kappa shape index (κ1) is 12.0. The standard InChI is InChI=1S/C11H19NO3/c1-8(13)9-10(14)15-7-6-12(9,5)11(2,3)4/h6-7H2,1-5H3/p+1. The number of carbonyl (C=O) groups is 1. The Bertz CT molecular complexity index is 310. The van der Waals surface area contributed by atoms with Crippen LogP contribution in [0.5, 0.6) is 0 Å². The third kappa shape index (κ3) is 1.86. The molecular formula is C11H20NO3+. The van der Waals surface area contributed by atoms with Crippen molar-refractivity contribution >= 4 is 5.97 Å². The molecule has 4 heteroatoms. The van der Waals surface area contributed by atoms with Gasteiger partial charge in [0.2, 0.25) is 0 Å². The van der Waals surface area contributed by atoms with Crippen LogP contribution in [0.15, 0.2) is 11.5 Å². The first-order valence-corrected chi connectivity index (χ1v) is 5.13. The van der Waals surface area contributed by atoms with Crippen LogP contribution < -0.4 is 0 Å². The van der Waals surface area contributed by atoms with E-state index in [1.807, 2.05) is 7.05 Å². The Morgan fingerprint density at radius 2 is 2.00 bits per heavy atom. The SMILES string of the molecule is C/C(O)=C1\C(=O)OCC[N+]1(C)C(C)(C)C. The summed E-state index contributed by atoms with van der Waals surface area (Å²) >= 11 is 0. The van der Waals surface area contributed by atoms with Crippen molar-refractivity contribution in [3.63, 3.8) is 0 Å². The minimum Gasteiger partial charge on any atom is -0.506 e. The Labute approximate surface area is 90.7 Å². The number of hydrogen-bond acceptors (Lipinski definition) is 3. The summed E-state index contributed by atoms with van der Waals surface area (Å²) in [6, 6.07) is 0.